The number of aromatic nitrogens is 2. The molecule has 0 aliphatic carbocycles. The Balaban J connectivity index is 1.77. The van der Waals surface area contributed by atoms with Gasteiger partial charge in [0.25, 0.3) is 5.24 Å². The molecule has 1 amide bonds. The number of para-hydroxylation sites is 2. The molecule has 0 aliphatic rings. The minimum atomic E-state index is -0.464. The molecule has 0 unspecified atom stereocenters. The Kier molecular flexibility index (Phi) is 4.99. The molecule has 2 aromatic rings. The molecule has 1 aromatic heterocycles. The monoisotopic (exact) mass is 305 g/mol. The number of H-pyrrole nitrogens is 1. The Hall–Kier alpha value is -2.28. The zero-order valence-electron chi connectivity index (χ0n) is 11.5. The fraction of sp³-hybridized carbons (Fsp3) is 0.214. The highest BCUT2D eigenvalue weighted by Gasteiger charge is 2.09. The van der Waals surface area contributed by atoms with Gasteiger partial charge in [-0.2, -0.15) is 0 Å². The number of carbonyl (C=O) groups excluding carboxylic acids is 2. The molecule has 0 atom stereocenters. The number of hydrogen-bond donors (Lipinski definition) is 2. The van der Waals surface area contributed by atoms with Gasteiger partial charge in [-0.05, 0) is 19.1 Å². The Morgan fingerprint density at radius 2 is 2.19 bits per heavy atom. The number of nitrogens with one attached hydrogen (secondary N) is 2. The van der Waals surface area contributed by atoms with E-state index in [1.54, 1.807) is 6.92 Å². The van der Waals surface area contributed by atoms with Gasteiger partial charge in [0, 0.05) is 17.3 Å². The number of rotatable bonds is 5. The van der Waals surface area contributed by atoms with Gasteiger partial charge < -0.3 is 15.0 Å². The molecular weight excluding hydrogens is 290 g/mol. The molecule has 0 bridgehead atoms. The van der Waals surface area contributed by atoms with E-state index in [4.69, 9.17) is 4.74 Å². The summed E-state index contributed by atoms with van der Waals surface area (Å²) in [4.78, 5) is 30.2. The first-order chi connectivity index (χ1) is 10.1. The predicted molar refractivity (Wildman–Crippen MR) is 81.1 cm³/mol. The Labute approximate surface area is 126 Å². The summed E-state index contributed by atoms with van der Waals surface area (Å²) < 4.78 is 4.87. The number of ether oxygens (including phenoxy) is 1. The lowest BCUT2D eigenvalue weighted by atomic mass is 10.3. The second-order valence-electron chi connectivity index (χ2n) is 4.29. The predicted octanol–water partition coefficient (Wildman–Crippen LogP) is 2.48. The van der Waals surface area contributed by atoms with Crippen LogP contribution in [0.15, 0.2) is 41.6 Å². The molecule has 0 fully saturated rings. The minimum absolute atomic E-state index is 0.109. The van der Waals surface area contributed by atoms with Crippen molar-refractivity contribution in [3.63, 3.8) is 0 Å². The van der Waals surface area contributed by atoms with E-state index in [1.165, 1.54) is 0 Å². The fourth-order valence-corrected chi connectivity index (χ4v) is 2.18. The zero-order chi connectivity index (χ0) is 15.2. The van der Waals surface area contributed by atoms with Crippen LogP contribution in [0.5, 0.6) is 0 Å². The molecular formula is C14H15N3O3S. The Morgan fingerprint density at radius 3 is 2.90 bits per heavy atom. The van der Waals surface area contributed by atoms with Crippen LogP contribution >= 0.6 is 11.8 Å². The van der Waals surface area contributed by atoms with Gasteiger partial charge in [-0.3, -0.25) is 4.79 Å². The lowest BCUT2D eigenvalue weighted by molar-refractivity contribution is -0.138. The summed E-state index contributed by atoms with van der Waals surface area (Å²) in [6.45, 7) is 5.39. The summed E-state index contributed by atoms with van der Waals surface area (Å²) in [5.74, 6) is -0.464. The van der Waals surface area contributed by atoms with Gasteiger partial charge in [-0.1, -0.05) is 18.7 Å². The molecule has 2 rings (SSSR count). The Bertz CT molecular complexity index is 648. The van der Waals surface area contributed by atoms with E-state index >= 15 is 0 Å². The van der Waals surface area contributed by atoms with Crippen LogP contribution in [0.3, 0.4) is 0 Å². The first kappa shape index (κ1) is 15.1. The largest absolute Gasteiger partial charge is 0.460 e. The number of benzene rings is 1. The van der Waals surface area contributed by atoms with E-state index in [0.717, 1.165) is 22.8 Å². The molecule has 0 saturated heterocycles. The van der Waals surface area contributed by atoms with E-state index < -0.39 is 5.97 Å². The third kappa shape index (κ3) is 4.35. The Morgan fingerprint density at radius 1 is 1.43 bits per heavy atom. The average molecular weight is 305 g/mol. The van der Waals surface area contributed by atoms with Crippen molar-refractivity contribution in [3.8, 4) is 0 Å². The first-order valence-electron chi connectivity index (χ1n) is 6.29. The summed E-state index contributed by atoms with van der Waals surface area (Å²) >= 11 is 0.960. The van der Waals surface area contributed by atoms with E-state index in [2.05, 4.69) is 21.9 Å². The molecule has 0 aliphatic heterocycles. The fourth-order valence-electron chi connectivity index (χ4n) is 1.52. The average Bonchev–Trinajstić information content (AvgIpc) is 2.85. The maximum absolute atomic E-state index is 11.7. The molecule has 6 nitrogen and oxygen atoms in total. The number of hydrogen-bond acceptors (Lipinski definition) is 5. The third-order valence-electron chi connectivity index (χ3n) is 2.51. The van der Waals surface area contributed by atoms with Gasteiger partial charge in [0.05, 0.1) is 17.6 Å². The topological polar surface area (TPSA) is 84.1 Å². The summed E-state index contributed by atoms with van der Waals surface area (Å²) in [5, 5.41) is 2.88. The lowest BCUT2D eigenvalue weighted by Crippen LogP contribution is -2.24. The maximum atomic E-state index is 11.7. The highest BCUT2D eigenvalue weighted by molar-refractivity contribution is 8.13. The number of esters is 1. The number of fused-ring (bicyclic) bond motifs is 1. The summed E-state index contributed by atoms with van der Waals surface area (Å²) in [7, 11) is 0. The normalized spacial score (nSPS) is 10.3. The van der Waals surface area contributed by atoms with Crippen molar-refractivity contribution in [1.29, 1.82) is 0 Å². The van der Waals surface area contributed by atoms with E-state index in [1.807, 2.05) is 24.3 Å². The second kappa shape index (κ2) is 6.94. The van der Waals surface area contributed by atoms with Crippen LogP contribution < -0.4 is 5.32 Å². The molecule has 1 heterocycles. The summed E-state index contributed by atoms with van der Waals surface area (Å²) in [5.41, 5.74) is 2.02. The second-order valence-corrected chi connectivity index (χ2v) is 5.25. The standard InChI is InChI=1S/C14H15N3O3S/c1-9(2)12(18)20-8-7-15-14(19)21-13-16-10-5-3-4-6-11(10)17-13/h3-6H,1,7-8H2,2H3,(H,15,19)(H,16,17). The van der Waals surface area contributed by atoms with Crippen LogP contribution in [0.4, 0.5) is 4.79 Å². The van der Waals surface area contributed by atoms with Gasteiger partial charge in [0.15, 0.2) is 5.16 Å². The number of nitrogens with zero attached hydrogens (tertiary/aromatic N) is 1. The van der Waals surface area contributed by atoms with Gasteiger partial charge in [0.1, 0.15) is 6.61 Å². The molecule has 7 heteroatoms. The SMILES string of the molecule is C=C(C)C(=O)OCCNC(=O)Sc1nc2ccccc2[nH]1. The highest BCUT2D eigenvalue weighted by atomic mass is 32.2. The molecule has 0 spiro atoms. The minimum Gasteiger partial charge on any atom is -0.460 e. The van der Waals surface area contributed by atoms with Crippen LogP contribution in [0, 0.1) is 0 Å². The van der Waals surface area contributed by atoms with Crippen LogP contribution in [0.1, 0.15) is 6.92 Å². The number of carbonyl (C=O) groups is 2. The number of thioether (sulfide) groups is 1. The maximum Gasteiger partial charge on any atom is 0.333 e. The third-order valence-corrected chi connectivity index (χ3v) is 3.23. The van der Waals surface area contributed by atoms with Crippen LogP contribution in [-0.2, 0) is 9.53 Å². The lowest BCUT2D eigenvalue weighted by Gasteiger charge is -2.05. The molecule has 1 aromatic carbocycles. The highest BCUT2D eigenvalue weighted by Crippen LogP contribution is 2.19. The van der Waals surface area contributed by atoms with E-state index in [9.17, 15) is 9.59 Å². The molecule has 21 heavy (non-hydrogen) atoms. The quantitative estimate of drug-likeness (QED) is 0.384. The van der Waals surface area contributed by atoms with Gasteiger partial charge in [0.2, 0.25) is 0 Å². The molecule has 110 valence electrons. The van der Waals surface area contributed by atoms with Crippen molar-refractivity contribution < 1.29 is 14.3 Å². The summed E-state index contributed by atoms with van der Waals surface area (Å²) in [6, 6.07) is 7.53. The van der Waals surface area contributed by atoms with Crippen LogP contribution in [0.2, 0.25) is 0 Å². The van der Waals surface area contributed by atoms with Crippen molar-refractivity contribution in [2.75, 3.05) is 13.2 Å². The number of amides is 1. The van der Waals surface area contributed by atoms with Crippen molar-refractivity contribution in [2.45, 2.75) is 12.1 Å². The van der Waals surface area contributed by atoms with E-state index in [0.29, 0.717) is 10.7 Å². The zero-order valence-corrected chi connectivity index (χ0v) is 12.3. The molecule has 0 saturated carbocycles. The van der Waals surface area contributed by atoms with Crippen molar-refractivity contribution in [3.05, 3.63) is 36.4 Å². The smallest absolute Gasteiger partial charge is 0.333 e. The molecule has 0 radical (unpaired) electrons. The number of aromatic amines is 1. The van der Waals surface area contributed by atoms with Crippen LogP contribution in [0.25, 0.3) is 11.0 Å². The van der Waals surface area contributed by atoms with Crippen molar-refractivity contribution in [2.24, 2.45) is 0 Å². The van der Waals surface area contributed by atoms with Crippen molar-refractivity contribution >= 4 is 34.0 Å². The summed E-state index contributed by atoms with van der Waals surface area (Å²) in [6.07, 6.45) is 0. The van der Waals surface area contributed by atoms with Gasteiger partial charge in [-0.25, -0.2) is 9.78 Å². The van der Waals surface area contributed by atoms with Crippen molar-refractivity contribution in [1.82, 2.24) is 15.3 Å². The van der Waals surface area contributed by atoms with Crippen LogP contribution in [-0.4, -0.2) is 34.3 Å². The van der Waals surface area contributed by atoms with Gasteiger partial charge in [-0.15, -0.1) is 0 Å². The number of imidazole rings is 1. The first-order valence-corrected chi connectivity index (χ1v) is 7.11. The van der Waals surface area contributed by atoms with E-state index in [-0.39, 0.29) is 18.4 Å². The molecule has 2 N–H and O–H groups in total. The van der Waals surface area contributed by atoms with Gasteiger partial charge >= 0.3 is 5.97 Å².